The summed E-state index contributed by atoms with van der Waals surface area (Å²) >= 11 is 0. The van der Waals surface area contributed by atoms with Crippen LogP contribution in [0.2, 0.25) is 0 Å². The van der Waals surface area contributed by atoms with E-state index in [2.05, 4.69) is 25.9 Å². The van der Waals surface area contributed by atoms with Crippen molar-refractivity contribution < 1.29 is 39.6 Å². The molecule has 8 N–H and O–H groups in total. The van der Waals surface area contributed by atoms with Crippen molar-refractivity contribution in [2.75, 3.05) is 34.4 Å². The molecule has 0 bridgehead atoms. The fraction of sp³-hybridized carbons (Fsp3) is 0.231. The van der Waals surface area contributed by atoms with E-state index < -0.39 is 41.9 Å². The van der Waals surface area contributed by atoms with Crippen molar-refractivity contribution in [3.63, 3.8) is 0 Å². The number of amides is 2. The van der Waals surface area contributed by atoms with Gasteiger partial charge in [0.15, 0.2) is 5.69 Å². The van der Waals surface area contributed by atoms with E-state index in [4.69, 9.17) is 15.9 Å². The van der Waals surface area contributed by atoms with Crippen LogP contribution >= 0.6 is 0 Å². The molecule has 3 aromatic rings. The molecule has 1 unspecified atom stereocenters. The van der Waals surface area contributed by atoms with Crippen LogP contribution in [-0.2, 0) is 14.4 Å². The molecule has 0 spiro atoms. The van der Waals surface area contributed by atoms with Gasteiger partial charge in [0.1, 0.15) is 17.3 Å². The number of aromatic hydroxyl groups is 2. The van der Waals surface area contributed by atoms with Gasteiger partial charge in [-0.05, 0) is 61.4 Å². The number of benzene rings is 2. The summed E-state index contributed by atoms with van der Waals surface area (Å²) in [6.45, 7) is 0.561. The van der Waals surface area contributed by atoms with Gasteiger partial charge in [0, 0.05) is 30.3 Å². The van der Waals surface area contributed by atoms with Crippen molar-refractivity contribution in [3.05, 3.63) is 64.4 Å². The number of aromatic amines is 1. The quantitative estimate of drug-likeness (QED) is 0.0692. The van der Waals surface area contributed by atoms with E-state index in [0.29, 0.717) is 24.5 Å². The molecule has 1 aromatic heterocycles. The van der Waals surface area contributed by atoms with Gasteiger partial charge < -0.3 is 61.6 Å². The summed E-state index contributed by atoms with van der Waals surface area (Å²) in [7, 11) is 0. The van der Waals surface area contributed by atoms with E-state index in [1.165, 1.54) is 41.3 Å². The summed E-state index contributed by atoms with van der Waals surface area (Å²) in [6.07, 6.45) is -0.386. The van der Waals surface area contributed by atoms with Crippen molar-refractivity contribution in [3.8, 4) is 11.5 Å². The molecule has 1 aliphatic heterocycles. The number of carbonyl (C=O) groups excluding carboxylic acids is 4. The average molecular weight is 622 g/mol. The Morgan fingerprint density at radius 1 is 1.09 bits per heavy atom. The molecule has 0 radical (unpaired) electrons. The topological polar surface area (TPSA) is 266 Å². The number of aliphatic carboxylic acids is 2. The van der Waals surface area contributed by atoms with E-state index in [1.807, 2.05) is 0 Å². The molecule has 2 heterocycles. The molecule has 0 aliphatic carbocycles. The van der Waals surface area contributed by atoms with Crippen molar-refractivity contribution in [2.24, 2.45) is 0 Å². The molecular weight excluding hydrogens is 594 g/mol. The summed E-state index contributed by atoms with van der Waals surface area (Å²) in [5.41, 5.74) is 5.66. The predicted molar refractivity (Wildman–Crippen MR) is 151 cm³/mol. The molecule has 2 atom stereocenters. The Bertz CT molecular complexity index is 1460. The number of carboxylic acid groups (broad SMARTS) is 2. The molecule has 2 amide bonds. The number of anilines is 4. The first kappa shape index (κ1) is 34.7. The SMILES string of the molecule is Nc1nc(=O)c2c([nH]1)NCC(CNc1ccc(C(=O)N[C@@H](CCC(=O)[O-])C(=O)[O-])cc1)N2C=O.Oc1ccc(O)cc1.[Ca+2]. The van der Waals surface area contributed by atoms with E-state index in [9.17, 15) is 34.2 Å². The van der Waals surface area contributed by atoms with Gasteiger partial charge in [-0.25, -0.2) is 0 Å². The molecule has 222 valence electrons. The van der Waals surface area contributed by atoms with E-state index in [-0.39, 0.29) is 79.4 Å². The maximum atomic E-state index is 12.3. The average Bonchev–Trinajstić information content (AvgIpc) is 2.95. The van der Waals surface area contributed by atoms with Gasteiger partial charge in [-0.2, -0.15) is 4.98 Å². The zero-order chi connectivity index (χ0) is 30.8. The van der Waals surface area contributed by atoms with Crippen molar-refractivity contribution in [1.82, 2.24) is 15.3 Å². The number of phenolic OH excluding ortho intramolecular Hbond substituents is 2. The predicted octanol–water partition coefficient (Wildman–Crippen LogP) is -2.68. The van der Waals surface area contributed by atoms with Crippen molar-refractivity contribution >= 4 is 85.1 Å². The number of hydrogen-bond donors (Lipinski definition) is 7. The monoisotopic (exact) mass is 621 g/mol. The number of phenols is 2. The van der Waals surface area contributed by atoms with Crippen molar-refractivity contribution in [2.45, 2.75) is 24.9 Å². The zero-order valence-electron chi connectivity index (χ0n) is 22.6. The number of rotatable bonds is 10. The maximum Gasteiger partial charge on any atom is 2.00 e. The molecular formula is C26H27CaN7O9. The van der Waals surface area contributed by atoms with Crippen LogP contribution in [0.3, 0.4) is 0 Å². The Morgan fingerprint density at radius 3 is 2.23 bits per heavy atom. The molecule has 0 fully saturated rings. The Hall–Kier alpha value is -4.54. The van der Waals surface area contributed by atoms with Crippen molar-refractivity contribution in [1.29, 1.82) is 0 Å². The molecule has 17 heteroatoms. The summed E-state index contributed by atoms with van der Waals surface area (Å²) in [5, 5.41) is 47.2. The molecule has 0 saturated heterocycles. The van der Waals surface area contributed by atoms with Crippen LogP contribution in [-0.4, -0.2) is 107 Å². The van der Waals surface area contributed by atoms with Gasteiger partial charge in [-0.1, -0.05) is 0 Å². The Kier molecular flexibility index (Phi) is 13.0. The molecule has 16 nitrogen and oxygen atoms in total. The first-order valence-corrected chi connectivity index (χ1v) is 12.4. The number of nitrogens with two attached hydrogens (primary N) is 1. The summed E-state index contributed by atoms with van der Waals surface area (Å²) in [4.78, 5) is 65.3. The fourth-order valence-corrected chi connectivity index (χ4v) is 3.84. The van der Waals surface area contributed by atoms with Crippen LogP contribution in [0.25, 0.3) is 0 Å². The van der Waals surface area contributed by atoms with Crippen LogP contribution in [0, 0.1) is 0 Å². The number of carbonyl (C=O) groups is 4. The van der Waals surface area contributed by atoms with Crippen LogP contribution in [0.4, 0.5) is 23.1 Å². The van der Waals surface area contributed by atoms with Crippen LogP contribution in [0.1, 0.15) is 23.2 Å². The molecule has 4 rings (SSSR count). The van der Waals surface area contributed by atoms with Crippen LogP contribution < -0.4 is 42.4 Å². The van der Waals surface area contributed by atoms with Crippen LogP contribution in [0.5, 0.6) is 11.5 Å². The smallest absolute Gasteiger partial charge is 0.550 e. The largest absolute Gasteiger partial charge is 2.00 e. The summed E-state index contributed by atoms with van der Waals surface area (Å²) in [6, 6.07) is 9.79. The second kappa shape index (κ2) is 16.2. The van der Waals surface area contributed by atoms with Gasteiger partial charge in [-0.3, -0.25) is 14.4 Å². The second-order valence-electron chi connectivity index (χ2n) is 8.93. The molecule has 1 aliphatic rings. The number of nitrogens with one attached hydrogen (secondary N) is 4. The third-order valence-corrected chi connectivity index (χ3v) is 5.96. The third kappa shape index (κ3) is 10.0. The number of carboxylic acids is 2. The summed E-state index contributed by atoms with van der Waals surface area (Å²) < 4.78 is 0. The van der Waals surface area contributed by atoms with E-state index in [1.54, 1.807) is 12.1 Å². The number of hydrogen-bond acceptors (Lipinski definition) is 13. The Labute approximate surface area is 273 Å². The van der Waals surface area contributed by atoms with E-state index in [0.717, 1.165) is 0 Å². The first-order valence-electron chi connectivity index (χ1n) is 12.4. The molecule has 2 aromatic carbocycles. The molecule has 43 heavy (non-hydrogen) atoms. The normalized spacial score (nSPS) is 13.9. The first-order chi connectivity index (χ1) is 20.0. The fourth-order valence-electron chi connectivity index (χ4n) is 3.84. The van der Waals surface area contributed by atoms with Gasteiger partial charge in [0.25, 0.3) is 5.91 Å². The van der Waals surface area contributed by atoms with E-state index >= 15 is 0 Å². The van der Waals surface area contributed by atoms with Gasteiger partial charge in [0.05, 0.1) is 18.1 Å². The number of nitrogens with zero attached hydrogens (tertiary/aromatic N) is 2. The Balaban J connectivity index is 0.000000620. The second-order valence-corrected chi connectivity index (χ2v) is 8.93. The minimum atomic E-state index is -1.60. The standard InChI is InChI=1S/C20H23N7O7.C6H6O2.Ca/c21-20-25-16-15(18(32)26-20)27(9-28)12(8-23-16)7-22-11-3-1-10(2-4-11)17(31)24-13(19(33)34)5-6-14(29)30;7-5-1-2-6(8)4-3-5;/h1-4,9,12-13,22H,5-8H2,(H,24,31)(H,29,30)(H,33,34)(H4,21,23,25,26,32);1-4,7-8H;/q;;+2/p-2/t12?,13-;;/m0../s1. The van der Waals surface area contributed by atoms with Gasteiger partial charge >= 0.3 is 43.3 Å². The van der Waals surface area contributed by atoms with Gasteiger partial charge in [0.2, 0.25) is 12.4 Å². The zero-order valence-corrected chi connectivity index (χ0v) is 24.8. The minimum absolute atomic E-state index is 0. The minimum Gasteiger partial charge on any atom is -0.550 e. The van der Waals surface area contributed by atoms with Crippen LogP contribution in [0.15, 0.2) is 53.3 Å². The molecule has 0 saturated carbocycles. The maximum absolute atomic E-state index is 12.3. The summed E-state index contributed by atoms with van der Waals surface area (Å²) in [5.74, 6) is -3.20. The Morgan fingerprint density at radius 2 is 1.70 bits per heavy atom. The number of fused-ring (bicyclic) bond motifs is 1. The third-order valence-electron chi connectivity index (χ3n) is 5.96. The van der Waals surface area contributed by atoms with Gasteiger partial charge in [-0.15, -0.1) is 0 Å². The number of H-pyrrole nitrogens is 1. The number of aromatic nitrogens is 2. The number of nitrogen functional groups attached to an aromatic ring is 1.